The van der Waals surface area contributed by atoms with Crippen LogP contribution >= 0.6 is 0 Å². The fourth-order valence-electron chi connectivity index (χ4n) is 5.22. The molecule has 4 aromatic rings. The lowest BCUT2D eigenvalue weighted by molar-refractivity contribution is 0.00578. The minimum atomic E-state index is -0.419. The number of methoxy groups -OCH3 is 3. The first kappa shape index (κ1) is 28.1. The number of nitrogens with one attached hydrogen (secondary N) is 2. The van der Waals surface area contributed by atoms with E-state index in [2.05, 4.69) is 86.7 Å². The molecule has 1 aliphatic heterocycles. The Morgan fingerprint density at radius 2 is 1.48 bits per heavy atom. The molecule has 210 valence electrons. The zero-order valence-corrected chi connectivity index (χ0v) is 24.5. The van der Waals surface area contributed by atoms with Crippen LogP contribution in [0.25, 0.3) is 10.9 Å². The van der Waals surface area contributed by atoms with Crippen LogP contribution < -0.4 is 25.0 Å². The zero-order valence-electron chi connectivity index (χ0n) is 24.5. The molecule has 2 N–H and O–H groups in total. The van der Waals surface area contributed by atoms with E-state index in [0.29, 0.717) is 17.2 Å². The van der Waals surface area contributed by atoms with E-state index < -0.39 is 18.3 Å². The van der Waals surface area contributed by atoms with Gasteiger partial charge in [-0.1, -0.05) is 42.5 Å². The normalized spacial score (nSPS) is 16.7. The summed E-state index contributed by atoms with van der Waals surface area (Å²) in [4.78, 5) is 3.38. The van der Waals surface area contributed by atoms with Crippen molar-refractivity contribution in [3.63, 3.8) is 0 Å². The van der Waals surface area contributed by atoms with Gasteiger partial charge in [-0.05, 0) is 56.8 Å². The van der Waals surface area contributed by atoms with E-state index in [4.69, 9.17) is 23.5 Å². The third-order valence-electron chi connectivity index (χ3n) is 8.25. The quantitative estimate of drug-likeness (QED) is 0.261. The number of fused-ring (bicyclic) bond motifs is 1. The van der Waals surface area contributed by atoms with E-state index in [-0.39, 0.29) is 6.04 Å². The second-order valence-corrected chi connectivity index (χ2v) is 11.2. The van der Waals surface area contributed by atoms with Crippen LogP contribution in [0.2, 0.25) is 0 Å². The molecule has 1 saturated heterocycles. The molecule has 40 heavy (non-hydrogen) atoms. The van der Waals surface area contributed by atoms with Crippen LogP contribution in [0.3, 0.4) is 0 Å². The molecule has 0 radical (unpaired) electrons. The van der Waals surface area contributed by atoms with E-state index >= 15 is 0 Å². The minimum absolute atomic E-state index is 0.201. The standard InChI is InChI=1S/C32H39BN2O5/c1-31(2)32(3,4)40-33(39-31)23-14-12-21(13-15-23)30(29-27(37-6)18-24(36-5)19-28(29)38-7)34-17-16-22-20-35-26-11-9-8-10-25(22)26/h8-15,18-20,30,34-35H,16-17H2,1-7H3. The number of H-pyrrole nitrogens is 1. The summed E-state index contributed by atoms with van der Waals surface area (Å²) in [5.41, 5.74) is 4.58. The second-order valence-electron chi connectivity index (χ2n) is 11.2. The number of hydrogen-bond donors (Lipinski definition) is 2. The van der Waals surface area contributed by atoms with Crippen LogP contribution in [0.15, 0.2) is 66.9 Å². The number of aromatic nitrogens is 1. The Morgan fingerprint density at radius 1 is 0.850 bits per heavy atom. The van der Waals surface area contributed by atoms with Gasteiger partial charge in [-0.15, -0.1) is 0 Å². The molecule has 1 aromatic heterocycles. The van der Waals surface area contributed by atoms with Crippen LogP contribution in [-0.4, -0.2) is 51.2 Å². The van der Waals surface area contributed by atoms with Gasteiger partial charge in [-0.2, -0.15) is 0 Å². The van der Waals surface area contributed by atoms with Crippen LogP contribution in [-0.2, 0) is 15.7 Å². The summed E-state index contributed by atoms with van der Waals surface area (Å²) in [6.07, 6.45) is 2.95. The Balaban J connectivity index is 1.47. The molecule has 7 nitrogen and oxygen atoms in total. The van der Waals surface area contributed by atoms with Crippen LogP contribution in [0, 0.1) is 0 Å². The van der Waals surface area contributed by atoms with Crippen LogP contribution in [0.5, 0.6) is 17.2 Å². The lowest BCUT2D eigenvalue weighted by atomic mass is 9.78. The maximum atomic E-state index is 6.28. The van der Waals surface area contributed by atoms with E-state index in [0.717, 1.165) is 35.1 Å². The molecule has 2 heterocycles. The predicted molar refractivity (Wildman–Crippen MR) is 160 cm³/mol. The number of aromatic amines is 1. The summed E-state index contributed by atoms with van der Waals surface area (Å²) in [7, 11) is 4.56. The summed E-state index contributed by atoms with van der Waals surface area (Å²) in [5.74, 6) is 2.05. The van der Waals surface area contributed by atoms with Gasteiger partial charge < -0.3 is 33.8 Å². The molecule has 3 aromatic carbocycles. The topological polar surface area (TPSA) is 74.0 Å². The average molecular weight is 542 g/mol. The molecule has 0 bridgehead atoms. The number of hydrogen-bond acceptors (Lipinski definition) is 6. The number of para-hydroxylation sites is 1. The van der Waals surface area contributed by atoms with Gasteiger partial charge in [0.15, 0.2) is 0 Å². The molecule has 1 atom stereocenters. The van der Waals surface area contributed by atoms with Crippen molar-refractivity contribution in [3.8, 4) is 17.2 Å². The minimum Gasteiger partial charge on any atom is -0.496 e. The number of ether oxygens (including phenoxy) is 3. The molecule has 0 amide bonds. The van der Waals surface area contributed by atoms with Crippen molar-refractivity contribution < 1.29 is 23.5 Å². The first-order valence-corrected chi connectivity index (χ1v) is 13.7. The highest BCUT2D eigenvalue weighted by Gasteiger charge is 2.51. The van der Waals surface area contributed by atoms with Crippen LogP contribution in [0.4, 0.5) is 0 Å². The lowest BCUT2D eigenvalue weighted by Crippen LogP contribution is -2.41. The molecule has 0 saturated carbocycles. The van der Waals surface area contributed by atoms with E-state index in [1.54, 1.807) is 21.3 Å². The summed E-state index contributed by atoms with van der Waals surface area (Å²) in [6, 6.07) is 20.4. The van der Waals surface area contributed by atoms with Crippen LogP contribution in [0.1, 0.15) is 50.4 Å². The van der Waals surface area contributed by atoms with Gasteiger partial charge in [0.25, 0.3) is 0 Å². The molecule has 8 heteroatoms. The van der Waals surface area contributed by atoms with Gasteiger partial charge in [-0.25, -0.2) is 0 Å². The Morgan fingerprint density at radius 3 is 2.08 bits per heavy atom. The fraction of sp³-hybridized carbons (Fsp3) is 0.375. The van der Waals surface area contributed by atoms with Crippen molar-refractivity contribution in [3.05, 3.63) is 83.6 Å². The van der Waals surface area contributed by atoms with Crippen molar-refractivity contribution in [2.45, 2.75) is 51.4 Å². The SMILES string of the molecule is COc1cc(OC)c(C(NCCc2c[nH]c3ccccc23)c2ccc(B3OC(C)(C)C(C)(C)O3)cc2)c(OC)c1. The Labute approximate surface area is 237 Å². The largest absolute Gasteiger partial charge is 0.496 e. The number of benzene rings is 3. The maximum absolute atomic E-state index is 6.28. The van der Waals surface area contributed by atoms with Gasteiger partial charge in [0.2, 0.25) is 0 Å². The van der Waals surface area contributed by atoms with Crippen molar-refractivity contribution in [1.29, 1.82) is 0 Å². The fourth-order valence-corrected chi connectivity index (χ4v) is 5.22. The molecule has 1 fully saturated rings. The van der Waals surface area contributed by atoms with Crippen molar-refractivity contribution in [2.75, 3.05) is 27.9 Å². The molecule has 5 rings (SSSR count). The summed E-state index contributed by atoms with van der Waals surface area (Å²) in [5, 5.41) is 5.02. The van der Waals surface area contributed by atoms with Gasteiger partial charge in [0.05, 0.1) is 44.1 Å². The van der Waals surface area contributed by atoms with Crippen molar-refractivity contribution >= 4 is 23.5 Å². The van der Waals surface area contributed by atoms with Gasteiger partial charge in [-0.3, -0.25) is 0 Å². The van der Waals surface area contributed by atoms with Crippen molar-refractivity contribution in [1.82, 2.24) is 10.3 Å². The average Bonchev–Trinajstić information content (AvgIpc) is 3.46. The highest BCUT2D eigenvalue weighted by atomic mass is 16.7. The Hall–Kier alpha value is -3.46. The van der Waals surface area contributed by atoms with E-state index in [1.165, 1.54) is 10.9 Å². The van der Waals surface area contributed by atoms with E-state index in [9.17, 15) is 0 Å². The maximum Gasteiger partial charge on any atom is 0.494 e. The Bertz CT molecular complexity index is 1420. The third-order valence-corrected chi connectivity index (χ3v) is 8.25. The monoisotopic (exact) mass is 542 g/mol. The molecule has 1 aliphatic rings. The lowest BCUT2D eigenvalue weighted by Gasteiger charge is -2.32. The summed E-state index contributed by atoms with van der Waals surface area (Å²) in [6.45, 7) is 9.01. The first-order valence-electron chi connectivity index (χ1n) is 13.7. The summed E-state index contributed by atoms with van der Waals surface area (Å²) < 4.78 is 29.8. The van der Waals surface area contributed by atoms with Gasteiger partial charge >= 0.3 is 7.12 Å². The second kappa shape index (κ2) is 11.2. The third kappa shape index (κ3) is 5.31. The predicted octanol–water partition coefficient (Wildman–Crippen LogP) is 5.41. The van der Waals surface area contributed by atoms with Gasteiger partial charge in [0.1, 0.15) is 17.2 Å². The molecule has 1 unspecified atom stereocenters. The molecule has 0 spiro atoms. The van der Waals surface area contributed by atoms with Crippen molar-refractivity contribution in [2.24, 2.45) is 0 Å². The Kier molecular flexibility index (Phi) is 7.86. The highest BCUT2D eigenvalue weighted by molar-refractivity contribution is 6.62. The molecule has 0 aliphatic carbocycles. The van der Waals surface area contributed by atoms with Gasteiger partial charge in [0, 0.05) is 35.8 Å². The summed E-state index contributed by atoms with van der Waals surface area (Å²) >= 11 is 0. The first-order chi connectivity index (χ1) is 19.2. The smallest absolute Gasteiger partial charge is 0.494 e. The highest BCUT2D eigenvalue weighted by Crippen LogP contribution is 2.41. The molecular weight excluding hydrogens is 503 g/mol. The number of rotatable bonds is 10. The molecular formula is C32H39BN2O5. The zero-order chi connectivity index (χ0) is 28.5. The van der Waals surface area contributed by atoms with E-state index in [1.807, 2.05) is 18.2 Å².